The summed E-state index contributed by atoms with van der Waals surface area (Å²) in [5.41, 5.74) is 1.63. The zero-order valence-corrected chi connectivity index (χ0v) is 13.5. The van der Waals surface area contributed by atoms with Gasteiger partial charge in [0.2, 0.25) is 0 Å². The molecule has 120 valence electrons. The van der Waals surface area contributed by atoms with Crippen molar-refractivity contribution in [2.75, 3.05) is 0 Å². The van der Waals surface area contributed by atoms with Gasteiger partial charge in [-0.3, -0.25) is 4.79 Å². The molecule has 0 amide bonds. The molecule has 0 radical (unpaired) electrons. The molecule has 0 aliphatic carbocycles. The van der Waals surface area contributed by atoms with E-state index < -0.39 is 22.0 Å². The smallest absolute Gasteiger partial charge is 0.322 e. The van der Waals surface area contributed by atoms with Crippen LogP contribution in [0.3, 0.4) is 0 Å². The first-order chi connectivity index (χ1) is 11.0. The van der Waals surface area contributed by atoms with Gasteiger partial charge < -0.3 is 10.1 Å². The van der Waals surface area contributed by atoms with Gasteiger partial charge in [-0.1, -0.05) is 24.3 Å². The van der Waals surface area contributed by atoms with Gasteiger partial charge in [0.1, 0.15) is 10.3 Å². The van der Waals surface area contributed by atoms with Crippen molar-refractivity contribution in [1.29, 1.82) is 0 Å². The number of hydrogen-bond acceptors (Lipinski definition) is 4. The quantitative estimate of drug-likeness (QED) is 0.634. The van der Waals surface area contributed by atoms with E-state index in [4.69, 9.17) is 0 Å². The molecule has 0 spiro atoms. The van der Waals surface area contributed by atoms with Gasteiger partial charge >= 0.3 is 5.97 Å². The Morgan fingerprint density at radius 3 is 2.74 bits per heavy atom. The average Bonchev–Trinajstić information content (AvgIpc) is 3.16. The van der Waals surface area contributed by atoms with Crippen LogP contribution in [0.1, 0.15) is 5.56 Å². The fraction of sp³-hybridized carbons (Fsp3) is 0.133. The number of aliphatic carboxylic acids is 1. The van der Waals surface area contributed by atoms with E-state index >= 15 is 0 Å². The number of fused-ring (bicyclic) bond motifs is 1. The molecule has 0 fully saturated rings. The van der Waals surface area contributed by atoms with E-state index in [0.717, 1.165) is 27.8 Å². The second-order valence-electron chi connectivity index (χ2n) is 5.01. The maximum atomic E-state index is 12.2. The molecule has 0 saturated carbocycles. The topological polar surface area (TPSA) is 99.3 Å². The van der Waals surface area contributed by atoms with Gasteiger partial charge in [-0.05, 0) is 23.1 Å². The zero-order valence-electron chi connectivity index (χ0n) is 11.9. The summed E-state index contributed by atoms with van der Waals surface area (Å²) < 4.78 is 26.8. The summed E-state index contributed by atoms with van der Waals surface area (Å²) in [5.74, 6) is -1.21. The van der Waals surface area contributed by atoms with Crippen molar-refractivity contribution < 1.29 is 18.3 Å². The monoisotopic (exact) mass is 350 g/mol. The average molecular weight is 350 g/mol. The predicted octanol–water partition coefficient (Wildman–Crippen LogP) is 2.20. The molecule has 0 aliphatic rings. The van der Waals surface area contributed by atoms with Gasteiger partial charge in [-0.2, -0.15) is 4.72 Å². The summed E-state index contributed by atoms with van der Waals surface area (Å²) in [4.78, 5) is 14.5. The molecule has 3 aromatic rings. The molecule has 6 nitrogen and oxygen atoms in total. The van der Waals surface area contributed by atoms with Crippen LogP contribution in [0, 0.1) is 0 Å². The number of carbonyl (C=O) groups is 1. The summed E-state index contributed by atoms with van der Waals surface area (Å²) >= 11 is 1.04. The number of carboxylic acid groups (broad SMARTS) is 1. The molecular weight excluding hydrogens is 336 g/mol. The Balaban J connectivity index is 1.87. The van der Waals surface area contributed by atoms with Crippen molar-refractivity contribution in [3.05, 3.63) is 53.5 Å². The van der Waals surface area contributed by atoms with Crippen LogP contribution in [0.15, 0.2) is 52.2 Å². The number of carboxylic acids is 1. The van der Waals surface area contributed by atoms with Crippen LogP contribution in [0.5, 0.6) is 0 Å². The van der Waals surface area contributed by atoms with E-state index in [1.807, 2.05) is 24.3 Å². The maximum Gasteiger partial charge on any atom is 0.322 e. The Bertz CT molecular complexity index is 929. The Morgan fingerprint density at radius 2 is 2.04 bits per heavy atom. The lowest BCUT2D eigenvalue weighted by Crippen LogP contribution is -2.41. The lowest BCUT2D eigenvalue weighted by Gasteiger charge is -2.13. The first-order valence-electron chi connectivity index (χ1n) is 6.81. The van der Waals surface area contributed by atoms with Crippen molar-refractivity contribution >= 4 is 38.2 Å². The van der Waals surface area contributed by atoms with E-state index in [-0.39, 0.29) is 10.6 Å². The van der Waals surface area contributed by atoms with Crippen LogP contribution in [0.25, 0.3) is 10.9 Å². The van der Waals surface area contributed by atoms with Crippen molar-refractivity contribution in [3.8, 4) is 0 Å². The van der Waals surface area contributed by atoms with Crippen LogP contribution >= 0.6 is 11.3 Å². The van der Waals surface area contributed by atoms with Gasteiger partial charge in [-0.15, -0.1) is 11.3 Å². The van der Waals surface area contributed by atoms with Crippen LogP contribution in [0.2, 0.25) is 0 Å². The van der Waals surface area contributed by atoms with Crippen LogP contribution < -0.4 is 4.72 Å². The normalized spacial score (nSPS) is 13.2. The lowest BCUT2D eigenvalue weighted by atomic mass is 10.1. The molecule has 2 heterocycles. The number of para-hydroxylation sites is 1. The van der Waals surface area contributed by atoms with Crippen LogP contribution in [-0.2, 0) is 21.2 Å². The first-order valence-corrected chi connectivity index (χ1v) is 9.17. The molecule has 8 heteroatoms. The zero-order chi connectivity index (χ0) is 16.4. The molecule has 2 aromatic heterocycles. The van der Waals surface area contributed by atoms with E-state index in [0.29, 0.717) is 0 Å². The summed E-state index contributed by atoms with van der Waals surface area (Å²) in [6, 6.07) is 9.29. The molecule has 0 unspecified atom stereocenters. The summed E-state index contributed by atoms with van der Waals surface area (Å²) in [6.07, 6.45) is 1.77. The van der Waals surface area contributed by atoms with Gasteiger partial charge in [-0.25, -0.2) is 8.42 Å². The Labute approximate surface area is 136 Å². The van der Waals surface area contributed by atoms with E-state index in [1.54, 1.807) is 17.6 Å². The van der Waals surface area contributed by atoms with Crippen LogP contribution in [-0.4, -0.2) is 30.5 Å². The van der Waals surface area contributed by atoms with E-state index in [2.05, 4.69) is 9.71 Å². The number of H-pyrrole nitrogens is 1. The minimum atomic E-state index is -3.84. The number of nitrogens with one attached hydrogen (secondary N) is 2. The van der Waals surface area contributed by atoms with Crippen molar-refractivity contribution in [2.45, 2.75) is 16.7 Å². The molecule has 3 rings (SSSR count). The minimum absolute atomic E-state index is 0.0595. The number of aromatic amines is 1. The van der Waals surface area contributed by atoms with Crippen LogP contribution in [0.4, 0.5) is 0 Å². The number of sulfonamides is 1. The number of hydrogen-bond donors (Lipinski definition) is 3. The Kier molecular flexibility index (Phi) is 4.20. The number of thiophene rings is 1. The van der Waals surface area contributed by atoms with E-state index in [9.17, 15) is 18.3 Å². The lowest BCUT2D eigenvalue weighted by molar-refractivity contribution is -0.138. The highest BCUT2D eigenvalue weighted by Gasteiger charge is 2.27. The number of rotatable bonds is 6. The molecule has 1 atom stereocenters. The third-order valence-electron chi connectivity index (χ3n) is 3.45. The molecule has 1 aromatic carbocycles. The highest BCUT2D eigenvalue weighted by molar-refractivity contribution is 7.91. The largest absolute Gasteiger partial charge is 0.480 e. The number of aromatic nitrogens is 1. The predicted molar refractivity (Wildman–Crippen MR) is 88.1 cm³/mol. The molecule has 23 heavy (non-hydrogen) atoms. The van der Waals surface area contributed by atoms with Gasteiger partial charge in [0.25, 0.3) is 10.0 Å². The fourth-order valence-corrected chi connectivity index (χ4v) is 4.56. The third-order valence-corrected chi connectivity index (χ3v) is 6.32. The Hall–Kier alpha value is -2.16. The van der Waals surface area contributed by atoms with Crippen molar-refractivity contribution in [1.82, 2.24) is 9.71 Å². The van der Waals surface area contributed by atoms with Gasteiger partial charge in [0, 0.05) is 23.5 Å². The molecule has 0 aliphatic heterocycles. The Morgan fingerprint density at radius 1 is 1.26 bits per heavy atom. The molecule has 0 bridgehead atoms. The van der Waals surface area contributed by atoms with E-state index in [1.165, 1.54) is 6.07 Å². The minimum Gasteiger partial charge on any atom is -0.480 e. The third kappa shape index (κ3) is 3.29. The summed E-state index contributed by atoms with van der Waals surface area (Å²) in [5, 5.41) is 11.9. The summed E-state index contributed by atoms with van der Waals surface area (Å²) in [7, 11) is -3.84. The standard InChI is InChI=1S/C15H14N2O4S2/c18-15(19)13(17-23(20,21)14-6-3-7-22-14)8-10-9-16-12-5-2-1-4-11(10)12/h1-7,9,13,16-17H,8H2,(H,18,19)/t13-/m1/s1. The second kappa shape index (κ2) is 6.15. The highest BCUT2D eigenvalue weighted by atomic mass is 32.2. The second-order valence-corrected chi connectivity index (χ2v) is 7.90. The highest BCUT2D eigenvalue weighted by Crippen LogP contribution is 2.21. The van der Waals surface area contributed by atoms with Crippen molar-refractivity contribution in [3.63, 3.8) is 0 Å². The SMILES string of the molecule is O=C(O)[C@@H](Cc1c[nH]c2ccccc12)NS(=O)(=O)c1cccs1. The fourth-order valence-electron chi connectivity index (χ4n) is 2.36. The molecule has 0 saturated heterocycles. The molecule has 3 N–H and O–H groups in total. The first kappa shape index (κ1) is 15.7. The summed E-state index contributed by atoms with van der Waals surface area (Å²) in [6.45, 7) is 0. The maximum absolute atomic E-state index is 12.2. The molecular formula is C15H14N2O4S2. The number of benzene rings is 1. The van der Waals surface area contributed by atoms with Crippen molar-refractivity contribution in [2.24, 2.45) is 0 Å². The van der Waals surface area contributed by atoms with Gasteiger partial charge in [0.05, 0.1) is 0 Å². The van der Waals surface area contributed by atoms with Gasteiger partial charge in [0.15, 0.2) is 0 Å².